The third kappa shape index (κ3) is 4.38. The fourth-order valence-electron chi connectivity index (χ4n) is 1.50. The highest BCUT2D eigenvalue weighted by atomic mass is 35.5. The lowest BCUT2D eigenvalue weighted by Crippen LogP contribution is -2.32. The topological polar surface area (TPSA) is 26.0 Å². The summed E-state index contributed by atoms with van der Waals surface area (Å²) in [5.41, 5.74) is -2.08. The van der Waals surface area contributed by atoms with Crippen LogP contribution in [-0.2, 0) is 12.4 Å². The van der Waals surface area contributed by atoms with Gasteiger partial charge in [0.15, 0.2) is 0 Å². The van der Waals surface area contributed by atoms with Gasteiger partial charge in [-0.2, -0.15) is 39.5 Å². The summed E-state index contributed by atoms with van der Waals surface area (Å²) >= 11 is 0. The van der Waals surface area contributed by atoms with Crippen molar-refractivity contribution in [2.45, 2.75) is 24.6 Å². The molecule has 12 heteroatoms. The Labute approximate surface area is 122 Å². The van der Waals surface area contributed by atoms with Gasteiger partial charge < -0.3 is 5.73 Å². The number of hydrogen-bond acceptors (Lipinski definition) is 1. The van der Waals surface area contributed by atoms with E-state index < -0.39 is 59.2 Å². The average Bonchev–Trinajstić information content (AvgIpc) is 2.23. The third-order valence-electron chi connectivity index (χ3n) is 2.43. The first-order chi connectivity index (χ1) is 9.15. The molecule has 1 aromatic carbocycles. The summed E-state index contributed by atoms with van der Waals surface area (Å²) in [6.45, 7) is 0. The number of halogens is 11. The first-order valence-electron chi connectivity index (χ1n) is 4.96. The molecule has 128 valence electrons. The Morgan fingerprint density at radius 2 is 1.27 bits per heavy atom. The lowest BCUT2D eigenvalue weighted by atomic mass is 9.96. The summed E-state index contributed by atoms with van der Waals surface area (Å²) in [5, 5.41) is 0. The van der Waals surface area contributed by atoms with E-state index in [9.17, 15) is 43.9 Å². The molecular weight excluding hydrogens is 360 g/mol. The third-order valence-corrected chi connectivity index (χ3v) is 2.43. The van der Waals surface area contributed by atoms with Crippen LogP contribution in [0.5, 0.6) is 0 Å². The van der Waals surface area contributed by atoms with Gasteiger partial charge in [-0.1, -0.05) is 0 Å². The Morgan fingerprint density at radius 1 is 0.818 bits per heavy atom. The lowest BCUT2D eigenvalue weighted by molar-refractivity contribution is -0.157. The van der Waals surface area contributed by atoms with Crippen molar-refractivity contribution in [3.05, 3.63) is 34.6 Å². The fraction of sp³-hybridized carbons (Fsp3) is 0.400. The predicted molar refractivity (Wildman–Crippen MR) is 56.6 cm³/mol. The minimum absolute atomic E-state index is 0. The molecule has 0 aromatic heterocycles. The van der Waals surface area contributed by atoms with Gasteiger partial charge in [0.1, 0.15) is 11.9 Å². The monoisotopic (exact) mass is 365 g/mol. The van der Waals surface area contributed by atoms with Crippen LogP contribution >= 0.6 is 12.4 Å². The zero-order valence-electron chi connectivity index (χ0n) is 10.00. The molecule has 0 radical (unpaired) electrons. The fourth-order valence-corrected chi connectivity index (χ4v) is 1.50. The van der Waals surface area contributed by atoms with E-state index >= 15 is 0 Å². The first-order valence-corrected chi connectivity index (χ1v) is 4.96. The Kier molecular flexibility index (Phi) is 5.77. The van der Waals surface area contributed by atoms with Gasteiger partial charge >= 0.3 is 18.5 Å². The van der Waals surface area contributed by atoms with Gasteiger partial charge in [0.2, 0.25) is 0 Å². The standard InChI is InChI=1S/C10H5F10N.ClH/c11-5-2-3(8(12,13)14)1-4(9(15,16)17)6(5)7(21)10(18,19)20;/h1-2,7H,21H2;1H/t7-;/m1./s1. The predicted octanol–water partition coefficient (Wildman–Crippen LogP) is 4.85. The highest BCUT2D eigenvalue weighted by molar-refractivity contribution is 5.85. The number of benzene rings is 1. The average molecular weight is 366 g/mol. The van der Waals surface area contributed by atoms with Crippen LogP contribution in [0.1, 0.15) is 22.7 Å². The summed E-state index contributed by atoms with van der Waals surface area (Å²) < 4.78 is 125. The maximum absolute atomic E-state index is 13.4. The largest absolute Gasteiger partial charge is 0.416 e. The van der Waals surface area contributed by atoms with Gasteiger partial charge in [0.25, 0.3) is 0 Å². The van der Waals surface area contributed by atoms with Crippen LogP contribution in [0, 0.1) is 5.82 Å². The van der Waals surface area contributed by atoms with Crippen molar-refractivity contribution in [2.24, 2.45) is 5.73 Å². The molecule has 0 aliphatic rings. The molecule has 1 atom stereocenters. The molecule has 0 aliphatic heterocycles. The number of rotatable bonds is 1. The molecule has 0 fully saturated rings. The van der Waals surface area contributed by atoms with Crippen LogP contribution in [-0.4, -0.2) is 6.18 Å². The Morgan fingerprint density at radius 3 is 1.59 bits per heavy atom. The van der Waals surface area contributed by atoms with Gasteiger partial charge in [-0.15, -0.1) is 12.4 Å². The maximum atomic E-state index is 13.4. The Balaban J connectivity index is 0.00000441. The quantitative estimate of drug-likeness (QED) is 0.708. The van der Waals surface area contributed by atoms with E-state index in [1.165, 1.54) is 0 Å². The minimum Gasteiger partial charge on any atom is -0.316 e. The zero-order valence-corrected chi connectivity index (χ0v) is 10.8. The van der Waals surface area contributed by atoms with Crippen LogP contribution in [0.4, 0.5) is 43.9 Å². The van der Waals surface area contributed by atoms with E-state index in [-0.39, 0.29) is 12.4 Å². The molecule has 2 N–H and O–H groups in total. The van der Waals surface area contributed by atoms with Crippen molar-refractivity contribution in [1.29, 1.82) is 0 Å². The van der Waals surface area contributed by atoms with Crippen LogP contribution < -0.4 is 5.73 Å². The summed E-state index contributed by atoms with van der Waals surface area (Å²) in [5.74, 6) is -2.33. The molecule has 0 amide bonds. The van der Waals surface area contributed by atoms with Gasteiger partial charge in [-0.25, -0.2) is 4.39 Å². The molecule has 1 rings (SSSR count). The smallest absolute Gasteiger partial charge is 0.316 e. The molecule has 0 spiro atoms. The Hall–Kier alpha value is -1.23. The molecule has 0 unspecified atom stereocenters. The number of hydrogen-bond donors (Lipinski definition) is 1. The van der Waals surface area contributed by atoms with Crippen LogP contribution in [0.2, 0.25) is 0 Å². The van der Waals surface area contributed by atoms with Gasteiger partial charge in [-0.3, -0.25) is 0 Å². The maximum Gasteiger partial charge on any atom is 0.416 e. The molecule has 0 saturated carbocycles. The van der Waals surface area contributed by atoms with Gasteiger partial charge in [0.05, 0.1) is 11.1 Å². The molecule has 22 heavy (non-hydrogen) atoms. The van der Waals surface area contributed by atoms with Crippen LogP contribution in [0.25, 0.3) is 0 Å². The summed E-state index contributed by atoms with van der Waals surface area (Å²) in [6.07, 6.45) is -16.5. The molecule has 0 saturated heterocycles. The van der Waals surface area contributed by atoms with E-state index in [0.29, 0.717) is 0 Å². The van der Waals surface area contributed by atoms with Gasteiger partial charge in [0, 0.05) is 5.56 Å². The van der Waals surface area contributed by atoms with E-state index in [0.717, 1.165) is 0 Å². The van der Waals surface area contributed by atoms with Crippen LogP contribution in [0.15, 0.2) is 12.1 Å². The van der Waals surface area contributed by atoms with Crippen molar-refractivity contribution in [1.82, 2.24) is 0 Å². The Bertz CT molecular complexity index is 530. The summed E-state index contributed by atoms with van der Waals surface area (Å²) in [7, 11) is 0. The highest BCUT2D eigenvalue weighted by Gasteiger charge is 2.47. The zero-order chi connectivity index (χ0) is 16.8. The van der Waals surface area contributed by atoms with Gasteiger partial charge in [-0.05, 0) is 12.1 Å². The number of alkyl halides is 9. The second-order valence-corrected chi connectivity index (χ2v) is 3.93. The second-order valence-electron chi connectivity index (χ2n) is 3.93. The second kappa shape index (κ2) is 6.11. The highest BCUT2D eigenvalue weighted by Crippen LogP contribution is 2.43. The van der Waals surface area contributed by atoms with E-state index in [1.807, 2.05) is 0 Å². The normalized spacial score (nSPS) is 14.5. The van der Waals surface area contributed by atoms with E-state index in [4.69, 9.17) is 0 Å². The summed E-state index contributed by atoms with van der Waals surface area (Å²) in [6, 6.07) is -4.48. The first kappa shape index (κ1) is 20.8. The van der Waals surface area contributed by atoms with Crippen molar-refractivity contribution in [3.8, 4) is 0 Å². The summed E-state index contributed by atoms with van der Waals surface area (Å²) in [4.78, 5) is 0. The number of nitrogens with two attached hydrogens (primary N) is 1. The molecular formula is C10H6ClF10N. The van der Waals surface area contributed by atoms with Crippen molar-refractivity contribution in [2.75, 3.05) is 0 Å². The lowest BCUT2D eigenvalue weighted by Gasteiger charge is -2.22. The molecule has 0 bridgehead atoms. The minimum atomic E-state index is -5.64. The van der Waals surface area contributed by atoms with Crippen LogP contribution in [0.3, 0.4) is 0 Å². The SMILES string of the molecule is Cl.N[C@H](c1c(F)cc(C(F)(F)F)cc1C(F)(F)F)C(F)(F)F. The molecule has 0 heterocycles. The van der Waals surface area contributed by atoms with E-state index in [2.05, 4.69) is 5.73 Å². The van der Waals surface area contributed by atoms with Crippen molar-refractivity contribution >= 4 is 12.4 Å². The molecule has 1 aromatic rings. The molecule has 1 nitrogen and oxygen atoms in total. The van der Waals surface area contributed by atoms with Crippen molar-refractivity contribution < 1.29 is 43.9 Å². The molecule has 0 aliphatic carbocycles. The van der Waals surface area contributed by atoms with E-state index in [1.54, 1.807) is 0 Å². The van der Waals surface area contributed by atoms with Crippen molar-refractivity contribution in [3.63, 3.8) is 0 Å².